The second-order valence-corrected chi connectivity index (χ2v) is 4.38. The number of ether oxygens (including phenoxy) is 1. The summed E-state index contributed by atoms with van der Waals surface area (Å²) in [5, 5.41) is 0.562. The highest BCUT2D eigenvalue weighted by Gasteiger charge is 2.23. The molecule has 0 amide bonds. The molecule has 0 unspecified atom stereocenters. The molecule has 1 aromatic carbocycles. The molecule has 0 aromatic heterocycles. The number of rotatable bonds is 0. The molecule has 0 N–H and O–H groups in total. The van der Waals surface area contributed by atoms with Crippen molar-refractivity contribution in [3.05, 3.63) is 64.4 Å². The molecule has 0 radical (unpaired) electrons. The quantitative estimate of drug-likeness (QED) is 0.696. The van der Waals surface area contributed by atoms with Gasteiger partial charge in [-0.25, -0.2) is 0 Å². The minimum absolute atomic E-state index is 0.00948. The zero-order valence-electron chi connectivity index (χ0n) is 8.94. The summed E-state index contributed by atoms with van der Waals surface area (Å²) in [5.41, 5.74) is 2.17. The summed E-state index contributed by atoms with van der Waals surface area (Å²) < 4.78 is 5.53. The Bertz CT molecular complexity index is 594. The lowest BCUT2D eigenvalue weighted by Gasteiger charge is -2.08. The zero-order chi connectivity index (χ0) is 11.8. The van der Waals surface area contributed by atoms with Crippen LogP contribution in [-0.4, -0.2) is 5.78 Å². The second-order valence-electron chi connectivity index (χ2n) is 3.94. The number of ketones is 1. The lowest BCUT2D eigenvalue weighted by molar-refractivity contribution is 0.103. The van der Waals surface area contributed by atoms with Crippen molar-refractivity contribution in [1.29, 1.82) is 0 Å². The van der Waals surface area contributed by atoms with Crippen LogP contribution in [0.4, 0.5) is 0 Å². The summed E-state index contributed by atoms with van der Waals surface area (Å²) in [6.07, 6.45) is 8.07. The number of fused-ring (bicyclic) bond motifs is 2. The van der Waals surface area contributed by atoms with Gasteiger partial charge in [0.1, 0.15) is 5.75 Å². The third-order valence-corrected chi connectivity index (χ3v) is 3.08. The summed E-state index contributed by atoms with van der Waals surface area (Å²) in [5.74, 6) is 0.509. The lowest BCUT2D eigenvalue weighted by Crippen LogP contribution is -2.05. The second kappa shape index (κ2) is 3.90. The SMILES string of the molecule is O=C1C2=CC=CCC2=COc2cc(Cl)ccc21. The fourth-order valence-corrected chi connectivity index (χ4v) is 2.13. The Morgan fingerprint density at radius 3 is 3.06 bits per heavy atom. The number of hydrogen-bond donors (Lipinski definition) is 0. The maximum absolute atomic E-state index is 12.3. The topological polar surface area (TPSA) is 26.3 Å². The molecule has 3 rings (SSSR count). The van der Waals surface area contributed by atoms with Crippen molar-refractivity contribution in [1.82, 2.24) is 0 Å². The van der Waals surface area contributed by atoms with Gasteiger partial charge in [0.15, 0.2) is 5.78 Å². The minimum atomic E-state index is -0.00948. The molecular formula is C14H9ClO2. The number of hydrogen-bond acceptors (Lipinski definition) is 2. The highest BCUT2D eigenvalue weighted by atomic mass is 35.5. The maximum atomic E-state index is 12.3. The summed E-state index contributed by atoms with van der Waals surface area (Å²) in [6, 6.07) is 5.07. The van der Waals surface area contributed by atoms with Crippen molar-refractivity contribution >= 4 is 17.4 Å². The number of benzene rings is 1. The van der Waals surface area contributed by atoms with Crippen molar-refractivity contribution < 1.29 is 9.53 Å². The Morgan fingerprint density at radius 1 is 1.29 bits per heavy atom. The van der Waals surface area contributed by atoms with Crippen LogP contribution in [0.3, 0.4) is 0 Å². The number of carbonyl (C=O) groups is 1. The number of allylic oxidation sites excluding steroid dienone is 5. The van der Waals surface area contributed by atoms with E-state index in [2.05, 4.69) is 0 Å². The predicted octanol–water partition coefficient (Wildman–Crippen LogP) is 3.69. The van der Waals surface area contributed by atoms with Crippen LogP contribution in [-0.2, 0) is 0 Å². The Kier molecular flexibility index (Phi) is 2.37. The first kappa shape index (κ1) is 10.4. The van der Waals surface area contributed by atoms with Gasteiger partial charge in [-0.3, -0.25) is 4.79 Å². The van der Waals surface area contributed by atoms with E-state index in [-0.39, 0.29) is 5.78 Å². The van der Waals surface area contributed by atoms with E-state index >= 15 is 0 Å². The average molecular weight is 245 g/mol. The number of halogens is 1. The van der Waals surface area contributed by atoms with Crippen LogP contribution in [0.25, 0.3) is 0 Å². The van der Waals surface area contributed by atoms with Gasteiger partial charge >= 0.3 is 0 Å². The van der Waals surface area contributed by atoms with E-state index in [1.807, 2.05) is 18.2 Å². The molecule has 0 saturated heterocycles. The summed E-state index contributed by atoms with van der Waals surface area (Å²) >= 11 is 5.89. The Balaban J connectivity index is 2.18. The molecule has 3 heteroatoms. The molecule has 0 saturated carbocycles. The first-order valence-electron chi connectivity index (χ1n) is 5.33. The van der Waals surface area contributed by atoms with Crippen LogP contribution in [0.15, 0.2) is 53.8 Å². The lowest BCUT2D eigenvalue weighted by atomic mass is 9.93. The number of Topliss-reactive ketones (excluding diaryl/α,β-unsaturated/α-hetero) is 1. The first-order valence-corrected chi connectivity index (χ1v) is 5.70. The average Bonchev–Trinajstić information content (AvgIpc) is 2.48. The molecule has 1 heterocycles. The molecule has 1 aliphatic carbocycles. The largest absolute Gasteiger partial charge is 0.464 e. The summed E-state index contributed by atoms with van der Waals surface area (Å²) in [6.45, 7) is 0. The molecule has 84 valence electrons. The summed E-state index contributed by atoms with van der Waals surface area (Å²) in [4.78, 5) is 12.3. The van der Waals surface area contributed by atoms with Crippen LogP contribution in [0.5, 0.6) is 5.75 Å². The van der Waals surface area contributed by atoms with Gasteiger partial charge in [0.05, 0.1) is 11.8 Å². The van der Waals surface area contributed by atoms with Crippen LogP contribution in [0, 0.1) is 0 Å². The molecule has 2 aliphatic rings. The van der Waals surface area contributed by atoms with Crippen LogP contribution in [0.1, 0.15) is 16.8 Å². The molecule has 0 spiro atoms. The first-order chi connectivity index (χ1) is 8.25. The third kappa shape index (κ3) is 1.71. The maximum Gasteiger partial charge on any atom is 0.197 e. The molecule has 0 atom stereocenters. The van der Waals surface area contributed by atoms with Gasteiger partial charge in [-0.1, -0.05) is 29.8 Å². The van der Waals surface area contributed by atoms with Gasteiger partial charge in [-0.15, -0.1) is 0 Å². The van der Waals surface area contributed by atoms with Gasteiger partial charge in [-0.05, 0) is 18.6 Å². The van der Waals surface area contributed by atoms with Crippen LogP contribution < -0.4 is 4.74 Å². The fourth-order valence-electron chi connectivity index (χ4n) is 1.97. The Hall–Kier alpha value is -1.80. The van der Waals surface area contributed by atoms with Crippen molar-refractivity contribution in [2.75, 3.05) is 0 Å². The predicted molar refractivity (Wildman–Crippen MR) is 66.3 cm³/mol. The van der Waals surface area contributed by atoms with Gasteiger partial charge in [0.2, 0.25) is 0 Å². The molecule has 1 aliphatic heterocycles. The molecule has 2 nitrogen and oxygen atoms in total. The van der Waals surface area contributed by atoms with Crippen molar-refractivity contribution in [2.24, 2.45) is 0 Å². The van der Waals surface area contributed by atoms with Crippen LogP contribution in [0.2, 0.25) is 5.02 Å². The number of carbonyl (C=O) groups excluding carboxylic acids is 1. The van der Waals surface area contributed by atoms with Crippen molar-refractivity contribution in [3.8, 4) is 5.75 Å². The smallest absolute Gasteiger partial charge is 0.197 e. The van der Waals surface area contributed by atoms with Gasteiger partial charge in [-0.2, -0.15) is 0 Å². The highest BCUT2D eigenvalue weighted by molar-refractivity contribution is 6.31. The van der Waals surface area contributed by atoms with E-state index in [0.29, 0.717) is 21.9 Å². The monoisotopic (exact) mass is 244 g/mol. The van der Waals surface area contributed by atoms with Crippen molar-refractivity contribution in [2.45, 2.75) is 6.42 Å². The molecule has 17 heavy (non-hydrogen) atoms. The van der Waals surface area contributed by atoms with E-state index < -0.39 is 0 Å². The van der Waals surface area contributed by atoms with E-state index in [4.69, 9.17) is 16.3 Å². The standard InChI is InChI=1S/C14H9ClO2/c15-10-5-6-12-13(7-10)17-8-9-3-1-2-4-11(9)14(12)16/h1-2,4-8H,3H2. The van der Waals surface area contributed by atoms with E-state index in [0.717, 1.165) is 12.0 Å². The third-order valence-electron chi connectivity index (χ3n) is 2.84. The normalized spacial score (nSPS) is 17.4. The van der Waals surface area contributed by atoms with E-state index in [1.165, 1.54) is 0 Å². The van der Waals surface area contributed by atoms with Crippen molar-refractivity contribution in [3.63, 3.8) is 0 Å². The Morgan fingerprint density at radius 2 is 2.18 bits per heavy atom. The molecule has 0 fully saturated rings. The van der Waals surface area contributed by atoms with E-state index in [1.54, 1.807) is 24.5 Å². The van der Waals surface area contributed by atoms with Crippen LogP contribution >= 0.6 is 11.6 Å². The minimum Gasteiger partial charge on any atom is -0.464 e. The molecule has 0 bridgehead atoms. The zero-order valence-corrected chi connectivity index (χ0v) is 9.70. The van der Waals surface area contributed by atoms with Gasteiger partial charge in [0.25, 0.3) is 0 Å². The molecular weight excluding hydrogens is 236 g/mol. The Labute approximate surface area is 104 Å². The van der Waals surface area contributed by atoms with Gasteiger partial charge < -0.3 is 4.74 Å². The highest BCUT2D eigenvalue weighted by Crippen LogP contribution is 2.33. The fraction of sp³-hybridized carbons (Fsp3) is 0.0714. The van der Waals surface area contributed by atoms with E-state index in [9.17, 15) is 4.79 Å². The summed E-state index contributed by atoms with van der Waals surface area (Å²) in [7, 11) is 0. The molecule has 1 aromatic rings. The van der Waals surface area contributed by atoms with Gasteiger partial charge in [0, 0.05) is 22.2 Å².